The number of nitrogens with zero attached hydrogens (tertiary/aromatic N) is 1. The maximum absolute atomic E-state index is 13.7. The molecule has 1 amide bonds. The van der Waals surface area contributed by atoms with Gasteiger partial charge in [0.1, 0.15) is 4.90 Å². The van der Waals surface area contributed by atoms with Crippen LogP contribution in [0.2, 0.25) is 0 Å². The SMILES string of the molecule is CCCCCCC(=O)Nc1ccc(N2CCC[C@@H](C(=O)OCC)C2)c(S(=O)(=O)N[C@@H](C)c2ccccc2)c1. The van der Waals surface area contributed by atoms with Gasteiger partial charge in [-0.25, -0.2) is 13.1 Å². The van der Waals surface area contributed by atoms with Crippen molar-refractivity contribution in [2.24, 2.45) is 5.92 Å². The molecule has 0 unspecified atom stereocenters. The minimum absolute atomic E-state index is 0.0774. The molecule has 2 N–H and O–H groups in total. The number of benzene rings is 2. The van der Waals surface area contributed by atoms with E-state index in [2.05, 4.69) is 17.0 Å². The van der Waals surface area contributed by atoms with Gasteiger partial charge in [0.25, 0.3) is 0 Å². The van der Waals surface area contributed by atoms with Crippen LogP contribution in [0.5, 0.6) is 0 Å². The van der Waals surface area contributed by atoms with Gasteiger partial charge in [0, 0.05) is 31.2 Å². The molecule has 0 aromatic heterocycles. The molecule has 0 radical (unpaired) electrons. The molecule has 1 saturated heterocycles. The van der Waals surface area contributed by atoms with Crippen molar-refractivity contribution in [1.29, 1.82) is 0 Å². The molecule has 3 rings (SSSR count). The molecular formula is C29H41N3O5S. The van der Waals surface area contributed by atoms with Crippen LogP contribution in [-0.4, -0.2) is 40.0 Å². The number of hydrogen-bond acceptors (Lipinski definition) is 6. The number of nitrogens with one attached hydrogen (secondary N) is 2. The highest BCUT2D eigenvalue weighted by molar-refractivity contribution is 7.89. The summed E-state index contributed by atoms with van der Waals surface area (Å²) < 4.78 is 35.5. The lowest BCUT2D eigenvalue weighted by atomic mass is 9.97. The van der Waals surface area contributed by atoms with E-state index in [9.17, 15) is 18.0 Å². The molecule has 0 spiro atoms. The molecule has 1 fully saturated rings. The highest BCUT2D eigenvalue weighted by atomic mass is 32.2. The molecular weight excluding hydrogens is 502 g/mol. The fourth-order valence-corrected chi connectivity index (χ4v) is 6.24. The van der Waals surface area contributed by atoms with Gasteiger partial charge in [0.15, 0.2) is 0 Å². The van der Waals surface area contributed by atoms with Gasteiger partial charge in [-0.15, -0.1) is 0 Å². The van der Waals surface area contributed by atoms with Crippen molar-refractivity contribution >= 4 is 33.3 Å². The average Bonchev–Trinajstić information content (AvgIpc) is 2.91. The number of amides is 1. The van der Waals surface area contributed by atoms with Crippen LogP contribution in [0.1, 0.15) is 77.3 Å². The number of carbonyl (C=O) groups is 2. The zero-order valence-corrected chi connectivity index (χ0v) is 23.6. The number of rotatable bonds is 13. The topological polar surface area (TPSA) is 105 Å². The maximum atomic E-state index is 13.7. The molecule has 0 aliphatic carbocycles. The summed E-state index contributed by atoms with van der Waals surface area (Å²) in [6.07, 6.45) is 5.79. The molecule has 9 heteroatoms. The Morgan fingerprint density at radius 2 is 1.84 bits per heavy atom. The van der Waals surface area contributed by atoms with Crippen molar-refractivity contribution in [1.82, 2.24) is 4.72 Å². The lowest BCUT2D eigenvalue weighted by Crippen LogP contribution is -2.40. The van der Waals surface area contributed by atoms with Crippen LogP contribution in [0.3, 0.4) is 0 Å². The molecule has 2 aromatic rings. The van der Waals surface area contributed by atoms with Gasteiger partial charge in [-0.3, -0.25) is 9.59 Å². The van der Waals surface area contributed by atoms with E-state index in [4.69, 9.17) is 4.74 Å². The van der Waals surface area contributed by atoms with E-state index in [1.54, 1.807) is 26.0 Å². The molecule has 8 nitrogen and oxygen atoms in total. The summed E-state index contributed by atoms with van der Waals surface area (Å²) in [6, 6.07) is 13.9. The van der Waals surface area contributed by atoms with E-state index in [1.165, 1.54) is 6.07 Å². The van der Waals surface area contributed by atoms with Crippen LogP contribution >= 0.6 is 0 Å². The van der Waals surface area contributed by atoms with E-state index in [0.29, 0.717) is 43.9 Å². The molecule has 208 valence electrons. The summed E-state index contributed by atoms with van der Waals surface area (Å²) in [7, 11) is -3.98. The van der Waals surface area contributed by atoms with Crippen molar-refractivity contribution in [2.45, 2.75) is 76.7 Å². The zero-order chi connectivity index (χ0) is 27.5. The summed E-state index contributed by atoms with van der Waals surface area (Å²) in [6.45, 7) is 7.00. The third-order valence-electron chi connectivity index (χ3n) is 6.80. The molecule has 1 aliphatic heterocycles. The number of unbranched alkanes of at least 4 members (excludes halogenated alkanes) is 3. The predicted molar refractivity (Wildman–Crippen MR) is 151 cm³/mol. The van der Waals surface area contributed by atoms with Crippen LogP contribution in [-0.2, 0) is 24.3 Å². The number of ether oxygens (including phenoxy) is 1. The standard InChI is InChI=1S/C29H41N3O5S/c1-4-6-7-11-16-28(33)30-25-17-18-26(32-19-12-15-24(21-32)29(34)37-5-2)27(20-25)38(35,36)31-22(3)23-13-9-8-10-14-23/h8-10,13-14,17-18,20,22,24,31H,4-7,11-12,15-16,19,21H2,1-3H3,(H,30,33)/t22-,24+/m0/s1. The van der Waals surface area contributed by atoms with Gasteiger partial charge in [-0.2, -0.15) is 0 Å². The van der Waals surface area contributed by atoms with E-state index >= 15 is 0 Å². The minimum Gasteiger partial charge on any atom is -0.466 e. The van der Waals surface area contributed by atoms with Crippen molar-refractivity contribution in [2.75, 3.05) is 29.9 Å². The Bertz CT molecular complexity index is 1170. The zero-order valence-electron chi connectivity index (χ0n) is 22.7. The first-order valence-electron chi connectivity index (χ1n) is 13.7. The Morgan fingerprint density at radius 3 is 2.55 bits per heavy atom. The third-order valence-corrected chi connectivity index (χ3v) is 8.37. The van der Waals surface area contributed by atoms with Crippen molar-refractivity contribution in [3.05, 3.63) is 54.1 Å². The van der Waals surface area contributed by atoms with Gasteiger partial charge >= 0.3 is 5.97 Å². The summed E-state index contributed by atoms with van der Waals surface area (Å²) in [5.74, 6) is -0.717. The largest absolute Gasteiger partial charge is 0.466 e. The maximum Gasteiger partial charge on any atom is 0.310 e. The number of esters is 1. The van der Waals surface area contributed by atoms with Crippen LogP contribution < -0.4 is 14.9 Å². The molecule has 1 aliphatic rings. The Kier molecular flexibility index (Phi) is 11.2. The Morgan fingerprint density at radius 1 is 1.08 bits per heavy atom. The van der Waals surface area contributed by atoms with Gasteiger partial charge in [0.2, 0.25) is 15.9 Å². The molecule has 1 heterocycles. The quantitative estimate of drug-likeness (QED) is 0.258. The normalized spacial score (nSPS) is 16.6. The van der Waals surface area contributed by atoms with Crippen molar-refractivity contribution in [3.8, 4) is 0 Å². The number of anilines is 2. The smallest absolute Gasteiger partial charge is 0.310 e. The second-order valence-corrected chi connectivity index (χ2v) is 11.5. The van der Waals surface area contributed by atoms with E-state index in [0.717, 1.165) is 37.7 Å². The summed E-state index contributed by atoms with van der Waals surface area (Å²) in [5.41, 5.74) is 1.78. The molecule has 38 heavy (non-hydrogen) atoms. The summed E-state index contributed by atoms with van der Waals surface area (Å²) in [4.78, 5) is 27.0. The first kappa shape index (κ1) is 29.6. The van der Waals surface area contributed by atoms with Gasteiger partial charge in [-0.05, 0) is 56.9 Å². The number of hydrogen-bond donors (Lipinski definition) is 2. The van der Waals surface area contributed by atoms with Gasteiger partial charge < -0.3 is 15.0 Å². The van der Waals surface area contributed by atoms with E-state index in [-0.39, 0.29) is 22.7 Å². The number of carbonyl (C=O) groups excluding carboxylic acids is 2. The highest BCUT2D eigenvalue weighted by Crippen LogP contribution is 2.33. The van der Waals surface area contributed by atoms with E-state index < -0.39 is 16.1 Å². The number of sulfonamides is 1. The summed E-state index contributed by atoms with van der Waals surface area (Å²) in [5, 5.41) is 2.87. The first-order chi connectivity index (χ1) is 18.2. The van der Waals surface area contributed by atoms with Crippen LogP contribution in [0.15, 0.2) is 53.4 Å². The molecule has 2 atom stereocenters. The third kappa shape index (κ3) is 8.30. The second-order valence-electron chi connectivity index (χ2n) is 9.83. The molecule has 0 saturated carbocycles. The number of piperidine rings is 1. The summed E-state index contributed by atoms with van der Waals surface area (Å²) >= 11 is 0. The fourth-order valence-electron chi connectivity index (χ4n) is 4.76. The Hall–Kier alpha value is -2.91. The van der Waals surface area contributed by atoms with Crippen LogP contribution in [0, 0.1) is 5.92 Å². The van der Waals surface area contributed by atoms with Crippen molar-refractivity contribution in [3.63, 3.8) is 0 Å². The Balaban J connectivity index is 1.89. The molecule has 0 bridgehead atoms. The first-order valence-corrected chi connectivity index (χ1v) is 15.2. The average molecular weight is 544 g/mol. The Labute approximate surface area is 227 Å². The monoisotopic (exact) mass is 543 g/mol. The minimum atomic E-state index is -3.98. The molecule has 2 aromatic carbocycles. The lowest BCUT2D eigenvalue weighted by molar-refractivity contribution is -0.148. The predicted octanol–water partition coefficient (Wildman–Crippen LogP) is 5.41. The van der Waals surface area contributed by atoms with E-state index in [1.807, 2.05) is 35.2 Å². The lowest BCUT2D eigenvalue weighted by Gasteiger charge is -2.34. The van der Waals surface area contributed by atoms with Gasteiger partial charge in [0.05, 0.1) is 18.2 Å². The highest BCUT2D eigenvalue weighted by Gasteiger charge is 2.31. The van der Waals surface area contributed by atoms with Gasteiger partial charge in [-0.1, -0.05) is 56.5 Å². The second kappa shape index (κ2) is 14.3. The van der Waals surface area contributed by atoms with Crippen LogP contribution in [0.25, 0.3) is 0 Å². The van der Waals surface area contributed by atoms with Crippen molar-refractivity contribution < 1.29 is 22.7 Å². The fraction of sp³-hybridized carbons (Fsp3) is 0.517. The van der Waals surface area contributed by atoms with Crippen LogP contribution in [0.4, 0.5) is 11.4 Å².